The minimum Gasteiger partial charge on any atom is -0.353 e. The van der Waals surface area contributed by atoms with Crippen LogP contribution in [0.25, 0.3) is 21.6 Å². The van der Waals surface area contributed by atoms with E-state index in [1.165, 1.54) is 4.88 Å². The van der Waals surface area contributed by atoms with Crippen molar-refractivity contribution in [3.63, 3.8) is 0 Å². The van der Waals surface area contributed by atoms with Crippen LogP contribution in [0.1, 0.15) is 23.7 Å². The number of thiophene rings is 1. The number of aryl methyl sites for hydroxylation is 1. The molecule has 7 nitrogen and oxygen atoms in total. The van der Waals surface area contributed by atoms with E-state index in [1.54, 1.807) is 17.7 Å². The van der Waals surface area contributed by atoms with Gasteiger partial charge in [0.1, 0.15) is 17.0 Å². The highest BCUT2D eigenvalue weighted by Crippen LogP contribution is 2.31. The molecule has 4 heterocycles. The lowest BCUT2D eigenvalue weighted by Gasteiger charge is -2.37. The first-order valence-electron chi connectivity index (χ1n) is 9.78. The molecule has 8 heteroatoms. The zero-order valence-corrected chi connectivity index (χ0v) is 17.3. The summed E-state index contributed by atoms with van der Waals surface area (Å²) >= 11 is 1.72. The number of fused-ring (bicyclic) bond motifs is 1. The van der Waals surface area contributed by atoms with Crippen LogP contribution in [0, 0.1) is 6.92 Å². The number of rotatable bonds is 4. The van der Waals surface area contributed by atoms with E-state index in [1.807, 2.05) is 30.3 Å². The van der Waals surface area contributed by atoms with E-state index in [2.05, 4.69) is 49.8 Å². The summed E-state index contributed by atoms with van der Waals surface area (Å²) in [7, 11) is 0. The van der Waals surface area contributed by atoms with Crippen LogP contribution in [-0.2, 0) is 0 Å². The van der Waals surface area contributed by atoms with Crippen molar-refractivity contribution < 1.29 is 4.52 Å². The number of anilines is 1. The summed E-state index contributed by atoms with van der Waals surface area (Å²) in [5, 5.41) is 5.32. The number of hydrogen-bond donors (Lipinski definition) is 0. The lowest BCUT2D eigenvalue weighted by Crippen LogP contribution is -2.47. The highest BCUT2D eigenvalue weighted by atomic mass is 32.1. The molecular formula is C21H22N6OS. The van der Waals surface area contributed by atoms with Crippen LogP contribution in [-0.4, -0.2) is 51.2 Å². The van der Waals surface area contributed by atoms with E-state index in [4.69, 9.17) is 4.52 Å². The molecule has 4 aromatic rings. The zero-order chi connectivity index (χ0) is 19.8. The Balaban J connectivity index is 1.28. The summed E-state index contributed by atoms with van der Waals surface area (Å²) in [5.41, 5.74) is 0.971. The summed E-state index contributed by atoms with van der Waals surface area (Å²) in [5.74, 6) is 2.34. The molecule has 0 bridgehead atoms. The smallest absolute Gasteiger partial charge is 0.244 e. The van der Waals surface area contributed by atoms with Crippen LogP contribution in [0.2, 0.25) is 0 Å². The Bertz CT molecular complexity index is 1120. The summed E-state index contributed by atoms with van der Waals surface area (Å²) in [4.78, 5) is 20.7. The van der Waals surface area contributed by atoms with Gasteiger partial charge in [-0.1, -0.05) is 35.5 Å². The van der Waals surface area contributed by atoms with Crippen LogP contribution in [0.5, 0.6) is 0 Å². The molecular weight excluding hydrogens is 384 g/mol. The maximum atomic E-state index is 5.57. The maximum Gasteiger partial charge on any atom is 0.244 e. The molecule has 0 spiro atoms. The molecule has 0 radical (unpaired) electrons. The molecule has 3 aromatic heterocycles. The van der Waals surface area contributed by atoms with Gasteiger partial charge in [0.25, 0.3) is 0 Å². The fourth-order valence-corrected chi connectivity index (χ4v) is 4.64. The van der Waals surface area contributed by atoms with Crippen LogP contribution in [0.3, 0.4) is 0 Å². The highest BCUT2D eigenvalue weighted by Gasteiger charge is 2.27. The van der Waals surface area contributed by atoms with Gasteiger partial charge >= 0.3 is 0 Å². The number of hydrogen-bond acceptors (Lipinski definition) is 8. The average molecular weight is 407 g/mol. The summed E-state index contributed by atoms with van der Waals surface area (Å²) < 4.78 is 5.57. The molecule has 1 saturated heterocycles. The van der Waals surface area contributed by atoms with Gasteiger partial charge in [-0.15, -0.1) is 11.3 Å². The third-order valence-electron chi connectivity index (χ3n) is 5.42. The molecule has 1 unspecified atom stereocenters. The zero-order valence-electron chi connectivity index (χ0n) is 16.4. The molecule has 29 heavy (non-hydrogen) atoms. The van der Waals surface area contributed by atoms with Crippen molar-refractivity contribution in [1.29, 1.82) is 0 Å². The summed E-state index contributed by atoms with van der Waals surface area (Å²) in [6.45, 7) is 7.89. The van der Waals surface area contributed by atoms with E-state index >= 15 is 0 Å². The fraction of sp³-hybridized carbons (Fsp3) is 0.333. The van der Waals surface area contributed by atoms with E-state index < -0.39 is 0 Å². The molecule has 0 N–H and O–H groups in total. The summed E-state index contributed by atoms with van der Waals surface area (Å²) in [6, 6.07) is 12.2. The maximum absolute atomic E-state index is 5.57. The topological polar surface area (TPSA) is 71.2 Å². The average Bonchev–Trinajstić information content (AvgIpc) is 3.40. The quantitative estimate of drug-likeness (QED) is 0.508. The van der Waals surface area contributed by atoms with Crippen molar-refractivity contribution in [1.82, 2.24) is 25.0 Å². The molecule has 1 aliphatic rings. The molecule has 1 aliphatic heterocycles. The fourth-order valence-electron chi connectivity index (χ4n) is 3.80. The van der Waals surface area contributed by atoms with Crippen LogP contribution in [0.15, 0.2) is 47.2 Å². The van der Waals surface area contributed by atoms with Crippen LogP contribution >= 0.6 is 11.3 Å². The molecule has 0 saturated carbocycles. The minimum atomic E-state index is 0.0796. The van der Waals surface area contributed by atoms with E-state index in [9.17, 15) is 0 Å². The van der Waals surface area contributed by atoms with Gasteiger partial charge in [-0.25, -0.2) is 9.97 Å². The molecule has 148 valence electrons. The Hall–Kier alpha value is -2.84. The van der Waals surface area contributed by atoms with E-state index in [0.29, 0.717) is 11.7 Å². The Morgan fingerprint density at radius 2 is 1.86 bits per heavy atom. The number of aromatic nitrogens is 4. The lowest BCUT2D eigenvalue weighted by molar-refractivity contribution is 0.164. The van der Waals surface area contributed by atoms with Gasteiger partial charge in [0.15, 0.2) is 0 Å². The third-order valence-corrected chi connectivity index (χ3v) is 6.38. The number of piperazine rings is 1. The lowest BCUT2D eigenvalue weighted by atomic mass is 10.2. The standard InChI is InChI=1S/C21H22N6OS/c1-14-12-17-19(22-13-23-21(17)29-14)27-10-8-26(9-11-27)15(2)20-24-18(25-28-20)16-6-4-3-5-7-16/h3-7,12-13,15H,8-11H2,1-2H3. The van der Waals surface area contributed by atoms with Crippen molar-refractivity contribution >= 4 is 27.4 Å². The van der Waals surface area contributed by atoms with Crippen molar-refractivity contribution in [2.75, 3.05) is 31.1 Å². The van der Waals surface area contributed by atoms with Crippen molar-refractivity contribution in [3.8, 4) is 11.4 Å². The first-order valence-corrected chi connectivity index (χ1v) is 10.6. The van der Waals surface area contributed by atoms with Gasteiger partial charge in [0.2, 0.25) is 11.7 Å². The predicted octanol–water partition coefficient (Wildman–Crippen LogP) is 3.93. The monoisotopic (exact) mass is 406 g/mol. The molecule has 1 atom stereocenters. The Kier molecular flexibility index (Phi) is 4.73. The SMILES string of the molecule is Cc1cc2c(N3CCN(C(C)c4nc(-c5ccccc5)no4)CC3)ncnc2s1. The Labute approximate surface area is 173 Å². The van der Waals surface area contributed by atoms with Gasteiger partial charge in [-0.2, -0.15) is 4.98 Å². The van der Waals surface area contributed by atoms with Crippen molar-refractivity contribution in [3.05, 3.63) is 53.5 Å². The van der Waals surface area contributed by atoms with E-state index in [0.717, 1.165) is 47.8 Å². The summed E-state index contributed by atoms with van der Waals surface area (Å²) in [6.07, 6.45) is 1.67. The first-order chi connectivity index (χ1) is 14.2. The number of benzene rings is 1. The van der Waals surface area contributed by atoms with Gasteiger partial charge in [0.05, 0.1) is 11.4 Å². The number of nitrogens with zero attached hydrogens (tertiary/aromatic N) is 6. The molecule has 0 aliphatic carbocycles. The van der Waals surface area contributed by atoms with Gasteiger partial charge in [-0.05, 0) is 19.9 Å². The van der Waals surface area contributed by atoms with Gasteiger partial charge < -0.3 is 9.42 Å². The molecule has 1 aromatic carbocycles. The first kappa shape index (κ1) is 18.2. The molecule has 0 amide bonds. The predicted molar refractivity (Wildman–Crippen MR) is 114 cm³/mol. The molecule has 5 rings (SSSR count). The highest BCUT2D eigenvalue weighted by molar-refractivity contribution is 7.18. The molecule has 1 fully saturated rings. The second kappa shape index (κ2) is 7.53. The van der Waals surface area contributed by atoms with Crippen LogP contribution < -0.4 is 4.90 Å². The van der Waals surface area contributed by atoms with Crippen molar-refractivity contribution in [2.24, 2.45) is 0 Å². The van der Waals surface area contributed by atoms with Gasteiger partial charge in [0, 0.05) is 36.6 Å². The van der Waals surface area contributed by atoms with Crippen molar-refractivity contribution in [2.45, 2.75) is 19.9 Å². The second-order valence-electron chi connectivity index (χ2n) is 7.29. The largest absolute Gasteiger partial charge is 0.353 e. The normalized spacial score (nSPS) is 16.4. The Morgan fingerprint density at radius 3 is 2.66 bits per heavy atom. The second-order valence-corrected chi connectivity index (χ2v) is 8.53. The Morgan fingerprint density at radius 1 is 1.07 bits per heavy atom. The third kappa shape index (κ3) is 3.49. The minimum absolute atomic E-state index is 0.0796. The van der Waals surface area contributed by atoms with Crippen LogP contribution in [0.4, 0.5) is 5.82 Å². The van der Waals surface area contributed by atoms with Gasteiger partial charge in [-0.3, -0.25) is 4.90 Å². The van der Waals surface area contributed by atoms with E-state index in [-0.39, 0.29) is 6.04 Å².